The minimum absolute atomic E-state index is 0.0198. The smallest absolute Gasteiger partial charge is 0.317 e. The van der Waals surface area contributed by atoms with E-state index in [4.69, 9.17) is 9.47 Å². The summed E-state index contributed by atoms with van der Waals surface area (Å²) in [4.78, 5) is 65.7. The van der Waals surface area contributed by atoms with Gasteiger partial charge in [-0.2, -0.15) is 0 Å². The number of aliphatic carboxylic acids is 3. The molecule has 0 unspecified atom stereocenters. The molecule has 0 radical (unpaired) electrons. The molecule has 0 atom stereocenters. The third-order valence-electron chi connectivity index (χ3n) is 6.98. The number of benzene rings is 1. The first-order valence-electron chi connectivity index (χ1n) is 15.1. The highest BCUT2D eigenvalue weighted by Gasteiger charge is 2.21. The van der Waals surface area contributed by atoms with Crippen LogP contribution >= 0.6 is 0 Å². The molecule has 258 valence electrons. The number of carbonyl (C=O) groups is 5. The molecule has 1 heterocycles. The molecule has 1 fully saturated rings. The van der Waals surface area contributed by atoms with Gasteiger partial charge in [0.1, 0.15) is 5.75 Å². The van der Waals surface area contributed by atoms with Crippen molar-refractivity contribution in [1.82, 2.24) is 30.2 Å². The van der Waals surface area contributed by atoms with Gasteiger partial charge in [0.05, 0.1) is 52.6 Å². The molecule has 0 bridgehead atoms. The largest absolute Gasteiger partial charge is 0.508 e. The summed E-state index contributed by atoms with van der Waals surface area (Å²) in [7, 11) is 0. The van der Waals surface area contributed by atoms with Crippen LogP contribution < -0.4 is 10.6 Å². The van der Waals surface area contributed by atoms with Gasteiger partial charge in [-0.15, -0.1) is 0 Å². The number of ether oxygens (including phenoxy) is 2. The highest BCUT2D eigenvalue weighted by molar-refractivity contribution is 5.94. The Bertz CT molecular complexity index is 1080. The predicted molar refractivity (Wildman–Crippen MR) is 164 cm³/mol. The Morgan fingerprint density at radius 2 is 0.935 bits per heavy atom. The van der Waals surface area contributed by atoms with E-state index in [1.165, 1.54) is 24.3 Å². The summed E-state index contributed by atoms with van der Waals surface area (Å²) in [5.41, 5.74) is 0.428. The molecule has 0 aliphatic carbocycles. The van der Waals surface area contributed by atoms with Crippen LogP contribution in [0.25, 0.3) is 0 Å². The third kappa shape index (κ3) is 17.6. The molecule has 0 spiro atoms. The van der Waals surface area contributed by atoms with E-state index < -0.39 is 17.9 Å². The molecule has 1 aromatic rings. The first kappa shape index (κ1) is 38.3. The molecular formula is C29H46N6O11. The van der Waals surface area contributed by atoms with Crippen molar-refractivity contribution >= 4 is 29.7 Å². The van der Waals surface area contributed by atoms with Gasteiger partial charge in [0, 0.05) is 71.0 Å². The maximum absolute atomic E-state index is 12.7. The van der Waals surface area contributed by atoms with Crippen molar-refractivity contribution in [2.75, 3.05) is 118 Å². The van der Waals surface area contributed by atoms with E-state index in [9.17, 15) is 44.4 Å². The van der Waals surface area contributed by atoms with Crippen molar-refractivity contribution in [2.45, 2.75) is 0 Å². The van der Waals surface area contributed by atoms with Crippen LogP contribution in [-0.2, 0) is 28.7 Å². The van der Waals surface area contributed by atoms with Crippen LogP contribution in [-0.4, -0.2) is 188 Å². The van der Waals surface area contributed by atoms with E-state index >= 15 is 0 Å². The fourth-order valence-corrected chi connectivity index (χ4v) is 4.58. The lowest BCUT2D eigenvalue weighted by molar-refractivity contribution is -0.140. The number of hydrogen-bond donors (Lipinski definition) is 6. The Labute approximate surface area is 267 Å². The molecule has 0 saturated carbocycles. The SMILES string of the molecule is O=C(O)CN1CCN(CC(=O)O)CCN(CC(=O)NCCOCCOCCNC(=O)c2ccc(O)cc2)CCN(CC(=O)O)CC1. The number of carbonyl (C=O) groups excluding carboxylic acids is 2. The lowest BCUT2D eigenvalue weighted by Gasteiger charge is -2.32. The van der Waals surface area contributed by atoms with Crippen molar-refractivity contribution in [3.8, 4) is 5.75 Å². The number of nitrogens with one attached hydrogen (secondary N) is 2. The topological polar surface area (TPSA) is 222 Å². The van der Waals surface area contributed by atoms with Crippen molar-refractivity contribution in [1.29, 1.82) is 0 Å². The van der Waals surface area contributed by atoms with Crippen LogP contribution in [0.5, 0.6) is 5.75 Å². The molecule has 46 heavy (non-hydrogen) atoms. The van der Waals surface area contributed by atoms with Gasteiger partial charge in [0.2, 0.25) is 5.91 Å². The summed E-state index contributed by atoms with van der Waals surface area (Å²) < 4.78 is 10.9. The predicted octanol–water partition coefficient (Wildman–Crippen LogP) is -2.25. The zero-order chi connectivity index (χ0) is 33.7. The quantitative estimate of drug-likeness (QED) is 0.0920. The number of carboxylic acid groups (broad SMARTS) is 3. The molecule has 1 saturated heterocycles. The summed E-state index contributed by atoms with van der Waals surface area (Å²) in [5, 5.41) is 42.7. The van der Waals surface area contributed by atoms with Gasteiger partial charge in [-0.3, -0.25) is 43.6 Å². The first-order chi connectivity index (χ1) is 22.0. The number of phenolic OH excluding ortho intramolecular Hbond substituents is 1. The second-order valence-corrected chi connectivity index (χ2v) is 10.7. The van der Waals surface area contributed by atoms with Gasteiger partial charge in [0.25, 0.3) is 5.91 Å². The summed E-state index contributed by atoms with van der Waals surface area (Å²) in [6.07, 6.45) is 0. The molecule has 2 amide bonds. The average molecular weight is 655 g/mol. The van der Waals surface area contributed by atoms with E-state index in [1.54, 1.807) is 14.7 Å². The third-order valence-corrected chi connectivity index (χ3v) is 6.98. The Morgan fingerprint density at radius 3 is 1.33 bits per heavy atom. The fraction of sp³-hybridized carbons (Fsp3) is 0.621. The normalized spacial score (nSPS) is 16.2. The van der Waals surface area contributed by atoms with Gasteiger partial charge >= 0.3 is 17.9 Å². The number of rotatable bonds is 18. The molecule has 0 aromatic heterocycles. The summed E-state index contributed by atoms with van der Waals surface area (Å²) in [5.74, 6) is -3.52. The molecule has 17 nitrogen and oxygen atoms in total. The van der Waals surface area contributed by atoms with Gasteiger partial charge in [-0.05, 0) is 24.3 Å². The van der Waals surface area contributed by atoms with Crippen molar-refractivity contribution in [2.24, 2.45) is 0 Å². The Balaban J connectivity index is 1.72. The van der Waals surface area contributed by atoms with E-state index in [0.29, 0.717) is 71.1 Å². The number of amides is 2. The van der Waals surface area contributed by atoms with Crippen LogP contribution in [0.15, 0.2) is 24.3 Å². The van der Waals surface area contributed by atoms with E-state index in [-0.39, 0.29) is 70.1 Å². The Morgan fingerprint density at radius 1 is 0.565 bits per heavy atom. The number of hydrogen-bond acceptors (Lipinski definition) is 12. The fourth-order valence-electron chi connectivity index (χ4n) is 4.58. The van der Waals surface area contributed by atoms with E-state index in [0.717, 1.165) is 0 Å². The van der Waals surface area contributed by atoms with Crippen LogP contribution in [0, 0.1) is 0 Å². The lowest BCUT2D eigenvalue weighted by Crippen LogP contribution is -2.50. The minimum atomic E-state index is -1.02. The summed E-state index contributed by atoms with van der Waals surface area (Å²) >= 11 is 0. The van der Waals surface area contributed by atoms with Crippen molar-refractivity contribution < 1.29 is 53.9 Å². The average Bonchev–Trinajstić information content (AvgIpc) is 2.98. The van der Waals surface area contributed by atoms with Gasteiger partial charge in [0.15, 0.2) is 0 Å². The summed E-state index contributed by atoms with van der Waals surface area (Å²) in [6, 6.07) is 5.90. The molecule has 2 rings (SSSR count). The highest BCUT2D eigenvalue weighted by Crippen LogP contribution is 2.09. The number of carboxylic acids is 3. The second kappa shape index (κ2) is 21.8. The number of aromatic hydroxyl groups is 1. The minimum Gasteiger partial charge on any atom is -0.508 e. The lowest BCUT2D eigenvalue weighted by atomic mass is 10.2. The van der Waals surface area contributed by atoms with Gasteiger partial charge in [-0.25, -0.2) is 0 Å². The van der Waals surface area contributed by atoms with Crippen LogP contribution in [0.4, 0.5) is 0 Å². The Kier molecular flexibility index (Phi) is 18.2. The zero-order valence-corrected chi connectivity index (χ0v) is 26.0. The van der Waals surface area contributed by atoms with Gasteiger partial charge in [-0.1, -0.05) is 0 Å². The standard InChI is InChI=1S/C29H46N6O11/c36-24-3-1-23(2-4-24)29(44)31-6-16-46-18-17-45-15-5-30-25(37)19-32-7-9-33(20-26(38)39)11-13-35(22-28(42)43)14-12-34(10-8-32)21-27(40)41/h1-4,36H,5-22H2,(H,30,37)(H,31,44)(H,38,39)(H,40,41)(H,42,43). The van der Waals surface area contributed by atoms with Crippen molar-refractivity contribution in [3.63, 3.8) is 0 Å². The molecule has 17 heteroatoms. The van der Waals surface area contributed by atoms with Crippen molar-refractivity contribution in [3.05, 3.63) is 29.8 Å². The highest BCUT2D eigenvalue weighted by atomic mass is 16.5. The maximum Gasteiger partial charge on any atom is 0.317 e. The van der Waals surface area contributed by atoms with Crippen LogP contribution in [0.2, 0.25) is 0 Å². The maximum atomic E-state index is 12.7. The molecule has 1 aliphatic heterocycles. The molecule has 6 N–H and O–H groups in total. The molecular weight excluding hydrogens is 608 g/mol. The van der Waals surface area contributed by atoms with Gasteiger partial charge < -0.3 is 40.5 Å². The van der Waals surface area contributed by atoms with E-state index in [2.05, 4.69) is 10.6 Å². The number of phenols is 1. The zero-order valence-electron chi connectivity index (χ0n) is 26.0. The molecule has 1 aromatic carbocycles. The van der Waals surface area contributed by atoms with E-state index in [1.807, 2.05) is 4.90 Å². The Hall–Kier alpha value is -3.87. The van der Waals surface area contributed by atoms with Crippen LogP contribution in [0.1, 0.15) is 10.4 Å². The van der Waals surface area contributed by atoms with Crippen LogP contribution in [0.3, 0.4) is 0 Å². The second-order valence-electron chi connectivity index (χ2n) is 10.7. The first-order valence-corrected chi connectivity index (χ1v) is 15.1. The monoisotopic (exact) mass is 654 g/mol. The summed E-state index contributed by atoms with van der Waals surface area (Å²) in [6.45, 7) is 3.52. The molecule has 1 aliphatic rings. The number of nitrogens with zero attached hydrogens (tertiary/aromatic N) is 4.